The van der Waals surface area contributed by atoms with Crippen LogP contribution in [0.4, 0.5) is 5.82 Å². The number of fused-ring (bicyclic) bond motifs is 2. The van der Waals surface area contributed by atoms with Crippen LogP contribution in [0.15, 0.2) is 30.7 Å². The molecule has 0 spiro atoms. The van der Waals surface area contributed by atoms with E-state index in [1.807, 2.05) is 24.5 Å². The summed E-state index contributed by atoms with van der Waals surface area (Å²) in [5.41, 5.74) is 1.90. The van der Waals surface area contributed by atoms with Crippen molar-refractivity contribution in [1.82, 2.24) is 29.7 Å². The van der Waals surface area contributed by atoms with E-state index in [0.717, 1.165) is 67.0 Å². The zero-order valence-electron chi connectivity index (χ0n) is 16.6. The van der Waals surface area contributed by atoms with Crippen molar-refractivity contribution in [2.45, 2.75) is 38.9 Å². The first-order valence-electron chi connectivity index (χ1n) is 10.2. The number of imidazole rings is 1. The van der Waals surface area contributed by atoms with Crippen LogP contribution in [-0.2, 0) is 17.9 Å². The molecule has 5 rings (SSSR count). The van der Waals surface area contributed by atoms with E-state index in [1.54, 1.807) is 6.20 Å². The molecule has 0 aromatic carbocycles. The minimum atomic E-state index is -0.0164. The third-order valence-electron chi connectivity index (χ3n) is 5.90. The monoisotopic (exact) mass is 391 g/mol. The smallest absolute Gasteiger partial charge is 0.239 e. The summed E-state index contributed by atoms with van der Waals surface area (Å²) in [7, 11) is 0. The highest BCUT2D eigenvalue weighted by Crippen LogP contribution is 2.25. The summed E-state index contributed by atoms with van der Waals surface area (Å²) >= 11 is 0. The van der Waals surface area contributed by atoms with E-state index < -0.39 is 0 Å². The van der Waals surface area contributed by atoms with Crippen molar-refractivity contribution in [3.8, 4) is 11.4 Å². The minimum Gasteiger partial charge on any atom is -0.324 e. The van der Waals surface area contributed by atoms with E-state index in [0.29, 0.717) is 18.4 Å². The molecule has 8 heteroatoms. The van der Waals surface area contributed by atoms with Crippen molar-refractivity contribution in [2.75, 3.05) is 25.0 Å². The van der Waals surface area contributed by atoms with E-state index in [1.165, 1.54) is 0 Å². The van der Waals surface area contributed by atoms with E-state index in [2.05, 4.69) is 42.0 Å². The van der Waals surface area contributed by atoms with Gasteiger partial charge >= 0.3 is 0 Å². The Bertz CT molecular complexity index is 1060. The Labute approximate surface area is 169 Å². The Kier molecular flexibility index (Phi) is 4.73. The molecule has 5 heterocycles. The summed E-state index contributed by atoms with van der Waals surface area (Å²) in [6.07, 6.45) is 7.79. The highest BCUT2D eigenvalue weighted by atomic mass is 16.2. The van der Waals surface area contributed by atoms with E-state index in [9.17, 15) is 4.79 Å². The third-order valence-corrected chi connectivity index (χ3v) is 5.90. The standard InChI is InChI=1S/C21H25N7O/c1-14-3-2-5-27(14)13-21(29)26-19-8-15-7-17(23-9-16(15)10-24-19)18-11-25-20-12-22-4-6-28(18)20/h7-11,14,22H,2-6,12-13H2,1H3,(H,24,26,29)/t14-/m1/s1. The van der Waals surface area contributed by atoms with Crippen molar-refractivity contribution < 1.29 is 4.79 Å². The van der Waals surface area contributed by atoms with Crippen LogP contribution in [0.2, 0.25) is 0 Å². The first kappa shape index (κ1) is 18.2. The number of nitrogens with one attached hydrogen (secondary N) is 2. The molecule has 8 nitrogen and oxygen atoms in total. The third kappa shape index (κ3) is 3.61. The maximum atomic E-state index is 12.4. The highest BCUT2D eigenvalue weighted by molar-refractivity contribution is 5.94. The zero-order chi connectivity index (χ0) is 19.8. The second kappa shape index (κ2) is 7.53. The van der Waals surface area contributed by atoms with Gasteiger partial charge in [0.05, 0.1) is 30.7 Å². The maximum absolute atomic E-state index is 12.4. The predicted molar refractivity (Wildman–Crippen MR) is 111 cm³/mol. The van der Waals surface area contributed by atoms with Crippen LogP contribution < -0.4 is 10.6 Å². The van der Waals surface area contributed by atoms with Gasteiger partial charge in [-0.25, -0.2) is 9.97 Å². The van der Waals surface area contributed by atoms with Gasteiger partial charge in [-0.1, -0.05) is 0 Å². The Morgan fingerprint density at radius 2 is 2.07 bits per heavy atom. The summed E-state index contributed by atoms with van der Waals surface area (Å²) in [6, 6.07) is 4.43. The number of aromatic nitrogens is 4. The van der Waals surface area contributed by atoms with Crippen LogP contribution >= 0.6 is 0 Å². The van der Waals surface area contributed by atoms with Gasteiger partial charge < -0.3 is 15.2 Å². The summed E-state index contributed by atoms with van der Waals surface area (Å²) in [5, 5.41) is 8.23. The molecular formula is C21H25N7O. The largest absolute Gasteiger partial charge is 0.324 e. The number of carbonyl (C=O) groups excluding carboxylic acids is 1. The van der Waals surface area contributed by atoms with Crippen molar-refractivity contribution in [1.29, 1.82) is 0 Å². The Morgan fingerprint density at radius 1 is 1.17 bits per heavy atom. The molecule has 1 saturated heterocycles. The van der Waals surface area contributed by atoms with Gasteiger partial charge in [-0.05, 0) is 43.8 Å². The number of pyridine rings is 2. The minimum absolute atomic E-state index is 0.0164. The lowest BCUT2D eigenvalue weighted by molar-refractivity contribution is -0.117. The van der Waals surface area contributed by atoms with Crippen LogP contribution in [-0.4, -0.2) is 56.0 Å². The van der Waals surface area contributed by atoms with Gasteiger partial charge in [0, 0.05) is 36.9 Å². The first-order valence-corrected chi connectivity index (χ1v) is 10.2. The van der Waals surface area contributed by atoms with Gasteiger partial charge in [-0.3, -0.25) is 14.7 Å². The Balaban J connectivity index is 1.38. The lowest BCUT2D eigenvalue weighted by atomic mass is 10.1. The fraction of sp³-hybridized carbons (Fsp3) is 0.429. The fourth-order valence-electron chi connectivity index (χ4n) is 4.24. The van der Waals surface area contributed by atoms with Gasteiger partial charge in [0.2, 0.25) is 5.91 Å². The van der Waals surface area contributed by atoms with Gasteiger partial charge in [0.1, 0.15) is 11.6 Å². The average molecular weight is 391 g/mol. The van der Waals surface area contributed by atoms with Crippen LogP contribution in [0.1, 0.15) is 25.6 Å². The maximum Gasteiger partial charge on any atom is 0.239 e. The van der Waals surface area contributed by atoms with Crippen molar-refractivity contribution in [3.63, 3.8) is 0 Å². The number of nitrogens with zero attached hydrogens (tertiary/aromatic N) is 5. The van der Waals surface area contributed by atoms with Crippen molar-refractivity contribution in [2.24, 2.45) is 0 Å². The van der Waals surface area contributed by atoms with E-state index in [4.69, 9.17) is 0 Å². The lowest BCUT2D eigenvalue weighted by Crippen LogP contribution is -2.35. The molecule has 2 aliphatic heterocycles. The molecule has 0 saturated carbocycles. The summed E-state index contributed by atoms with van der Waals surface area (Å²) in [5.74, 6) is 1.59. The van der Waals surface area contributed by atoms with Gasteiger partial charge in [-0.2, -0.15) is 0 Å². The number of likely N-dealkylation sites (tertiary alicyclic amines) is 1. The molecule has 1 amide bonds. The molecule has 150 valence electrons. The average Bonchev–Trinajstić information content (AvgIpc) is 3.34. The second-order valence-electron chi connectivity index (χ2n) is 7.88. The number of amides is 1. The quantitative estimate of drug-likeness (QED) is 0.708. The molecule has 2 N–H and O–H groups in total. The van der Waals surface area contributed by atoms with Gasteiger partial charge in [0.15, 0.2) is 0 Å². The molecule has 1 atom stereocenters. The Morgan fingerprint density at radius 3 is 2.93 bits per heavy atom. The van der Waals surface area contributed by atoms with Crippen LogP contribution in [0.5, 0.6) is 0 Å². The molecule has 0 unspecified atom stereocenters. The Hall–Kier alpha value is -2.84. The molecule has 3 aromatic heterocycles. The van der Waals surface area contributed by atoms with Crippen molar-refractivity contribution in [3.05, 3.63) is 36.5 Å². The normalized spacial score (nSPS) is 19.4. The SMILES string of the molecule is C[C@@H]1CCCN1CC(=O)Nc1cc2cc(-c3cnc4n3CCNC4)ncc2cn1. The highest BCUT2D eigenvalue weighted by Gasteiger charge is 2.22. The van der Waals surface area contributed by atoms with Crippen LogP contribution in [0, 0.1) is 0 Å². The summed E-state index contributed by atoms with van der Waals surface area (Å²) < 4.78 is 2.21. The van der Waals surface area contributed by atoms with Crippen LogP contribution in [0.25, 0.3) is 22.2 Å². The molecule has 2 aliphatic rings. The summed E-state index contributed by atoms with van der Waals surface area (Å²) in [6.45, 7) is 6.17. The molecule has 0 bridgehead atoms. The number of rotatable bonds is 4. The predicted octanol–water partition coefficient (Wildman–Crippen LogP) is 2.02. The molecule has 0 radical (unpaired) electrons. The van der Waals surface area contributed by atoms with Gasteiger partial charge in [-0.15, -0.1) is 0 Å². The number of hydrogen-bond donors (Lipinski definition) is 2. The zero-order valence-corrected chi connectivity index (χ0v) is 16.6. The topological polar surface area (TPSA) is 88.0 Å². The second-order valence-corrected chi connectivity index (χ2v) is 7.88. The van der Waals surface area contributed by atoms with Gasteiger partial charge in [0.25, 0.3) is 0 Å². The molecule has 3 aromatic rings. The number of carbonyl (C=O) groups is 1. The summed E-state index contributed by atoms with van der Waals surface area (Å²) in [4.78, 5) is 28.2. The number of hydrogen-bond acceptors (Lipinski definition) is 6. The molecular weight excluding hydrogens is 366 g/mol. The van der Waals surface area contributed by atoms with Crippen LogP contribution in [0.3, 0.4) is 0 Å². The molecule has 1 fully saturated rings. The van der Waals surface area contributed by atoms with E-state index >= 15 is 0 Å². The first-order chi connectivity index (χ1) is 14.2. The fourth-order valence-corrected chi connectivity index (χ4v) is 4.24. The van der Waals surface area contributed by atoms with E-state index in [-0.39, 0.29) is 5.91 Å². The number of anilines is 1. The molecule has 29 heavy (non-hydrogen) atoms. The lowest BCUT2D eigenvalue weighted by Gasteiger charge is -2.20. The van der Waals surface area contributed by atoms with Crippen molar-refractivity contribution >= 4 is 22.5 Å². The molecule has 0 aliphatic carbocycles.